The van der Waals surface area contributed by atoms with Gasteiger partial charge in [0.1, 0.15) is 5.82 Å². The molecule has 3 rings (SSSR count). The molecule has 0 spiro atoms. The van der Waals surface area contributed by atoms with Crippen molar-refractivity contribution in [3.63, 3.8) is 0 Å². The molecule has 1 saturated heterocycles. The maximum atomic E-state index is 4.64. The standard InChI is InChI=1S/C19H28N6S/c1-20-19(21-14-16-6-4-7-17(22-16)24(2)3)23-15-9-11-25(12-10-15)18-8-5-13-26-18/h4-8,13,15H,9-12,14H2,1-3H3,(H2,20,21,23). The number of aromatic nitrogens is 1. The predicted octanol–water partition coefficient (Wildman–Crippen LogP) is 2.54. The zero-order valence-electron chi connectivity index (χ0n) is 15.8. The number of aliphatic imine (C=N–C) groups is 1. The lowest BCUT2D eigenvalue weighted by Crippen LogP contribution is -2.48. The molecule has 1 aliphatic rings. The van der Waals surface area contributed by atoms with E-state index < -0.39 is 0 Å². The van der Waals surface area contributed by atoms with Gasteiger partial charge in [0.2, 0.25) is 0 Å². The largest absolute Gasteiger partial charge is 0.363 e. The summed E-state index contributed by atoms with van der Waals surface area (Å²) < 4.78 is 0. The molecule has 0 saturated carbocycles. The summed E-state index contributed by atoms with van der Waals surface area (Å²) in [6, 6.07) is 10.9. The third-order valence-corrected chi connectivity index (χ3v) is 5.49. The van der Waals surface area contributed by atoms with E-state index >= 15 is 0 Å². The number of pyridine rings is 1. The second kappa shape index (κ2) is 8.89. The van der Waals surface area contributed by atoms with E-state index in [-0.39, 0.29) is 0 Å². The molecule has 0 amide bonds. The van der Waals surface area contributed by atoms with E-state index in [4.69, 9.17) is 0 Å². The van der Waals surface area contributed by atoms with Crippen LogP contribution in [0.4, 0.5) is 10.8 Å². The Balaban J connectivity index is 1.47. The molecule has 2 aromatic rings. The van der Waals surface area contributed by atoms with Gasteiger partial charge in [-0.15, -0.1) is 11.3 Å². The second-order valence-corrected chi connectivity index (χ2v) is 7.59. The normalized spacial score (nSPS) is 15.8. The van der Waals surface area contributed by atoms with Crippen molar-refractivity contribution in [2.45, 2.75) is 25.4 Å². The minimum absolute atomic E-state index is 0.457. The summed E-state index contributed by atoms with van der Waals surface area (Å²) >= 11 is 1.82. The van der Waals surface area contributed by atoms with Gasteiger partial charge in [-0.25, -0.2) is 4.98 Å². The highest BCUT2D eigenvalue weighted by atomic mass is 32.1. The van der Waals surface area contributed by atoms with Crippen LogP contribution in [0, 0.1) is 0 Å². The minimum atomic E-state index is 0.457. The van der Waals surface area contributed by atoms with E-state index in [9.17, 15) is 0 Å². The molecule has 0 bridgehead atoms. The zero-order chi connectivity index (χ0) is 18.4. The molecule has 26 heavy (non-hydrogen) atoms. The lowest BCUT2D eigenvalue weighted by atomic mass is 10.1. The van der Waals surface area contributed by atoms with Gasteiger partial charge in [-0.3, -0.25) is 4.99 Å². The molecule has 2 N–H and O–H groups in total. The average Bonchev–Trinajstić information content (AvgIpc) is 3.20. The van der Waals surface area contributed by atoms with Crippen molar-refractivity contribution in [1.29, 1.82) is 0 Å². The maximum Gasteiger partial charge on any atom is 0.191 e. The number of thiophene rings is 1. The fourth-order valence-electron chi connectivity index (χ4n) is 3.07. The van der Waals surface area contributed by atoms with Gasteiger partial charge in [0.15, 0.2) is 5.96 Å². The van der Waals surface area contributed by atoms with Gasteiger partial charge in [0.25, 0.3) is 0 Å². The summed E-state index contributed by atoms with van der Waals surface area (Å²) in [4.78, 5) is 13.5. The molecule has 3 heterocycles. The van der Waals surface area contributed by atoms with Crippen LogP contribution in [0.2, 0.25) is 0 Å². The lowest BCUT2D eigenvalue weighted by molar-refractivity contribution is 0.462. The van der Waals surface area contributed by atoms with Crippen molar-refractivity contribution in [3.05, 3.63) is 41.4 Å². The van der Waals surface area contributed by atoms with Gasteiger partial charge >= 0.3 is 0 Å². The molecule has 0 atom stereocenters. The summed E-state index contributed by atoms with van der Waals surface area (Å²) in [5.74, 6) is 1.81. The first-order chi connectivity index (χ1) is 12.7. The average molecular weight is 373 g/mol. The van der Waals surface area contributed by atoms with E-state index in [2.05, 4.69) is 43.0 Å². The van der Waals surface area contributed by atoms with Crippen LogP contribution in [0.3, 0.4) is 0 Å². The summed E-state index contributed by atoms with van der Waals surface area (Å²) in [6.07, 6.45) is 2.24. The Morgan fingerprint density at radius 1 is 1.27 bits per heavy atom. The SMILES string of the molecule is CN=C(NCc1cccc(N(C)C)n1)NC1CCN(c2cccs2)CC1. The first-order valence-corrected chi connectivity index (χ1v) is 9.92. The molecule has 6 nitrogen and oxygen atoms in total. The minimum Gasteiger partial charge on any atom is -0.363 e. The Labute approximate surface area is 160 Å². The first kappa shape index (κ1) is 18.5. The zero-order valence-corrected chi connectivity index (χ0v) is 16.6. The smallest absolute Gasteiger partial charge is 0.191 e. The Morgan fingerprint density at radius 3 is 2.73 bits per heavy atom. The van der Waals surface area contributed by atoms with E-state index in [1.165, 1.54) is 5.00 Å². The van der Waals surface area contributed by atoms with E-state index in [0.717, 1.165) is 43.4 Å². The summed E-state index contributed by atoms with van der Waals surface area (Å²) in [5, 5.41) is 10.5. The van der Waals surface area contributed by atoms with Crippen molar-refractivity contribution in [1.82, 2.24) is 15.6 Å². The van der Waals surface area contributed by atoms with Crippen LogP contribution in [0.25, 0.3) is 0 Å². The number of hydrogen-bond donors (Lipinski definition) is 2. The molecule has 0 unspecified atom stereocenters. The van der Waals surface area contributed by atoms with Gasteiger partial charge in [0, 0.05) is 40.3 Å². The van der Waals surface area contributed by atoms with E-state index in [0.29, 0.717) is 12.6 Å². The highest BCUT2D eigenvalue weighted by Crippen LogP contribution is 2.24. The third-order valence-electron chi connectivity index (χ3n) is 4.56. The highest BCUT2D eigenvalue weighted by Gasteiger charge is 2.20. The van der Waals surface area contributed by atoms with Crippen LogP contribution >= 0.6 is 11.3 Å². The first-order valence-electron chi connectivity index (χ1n) is 9.04. The van der Waals surface area contributed by atoms with Gasteiger partial charge in [0.05, 0.1) is 17.2 Å². The van der Waals surface area contributed by atoms with E-state index in [1.54, 1.807) is 0 Å². The van der Waals surface area contributed by atoms with Crippen molar-refractivity contribution in [3.8, 4) is 0 Å². The number of anilines is 2. The fraction of sp³-hybridized carbons (Fsp3) is 0.474. The van der Waals surface area contributed by atoms with Crippen molar-refractivity contribution in [2.24, 2.45) is 4.99 Å². The van der Waals surface area contributed by atoms with Crippen LogP contribution in [0.1, 0.15) is 18.5 Å². The van der Waals surface area contributed by atoms with Gasteiger partial charge in [-0.2, -0.15) is 0 Å². The summed E-state index contributed by atoms with van der Waals surface area (Å²) in [7, 11) is 5.82. The van der Waals surface area contributed by atoms with Gasteiger partial charge in [-0.1, -0.05) is 6.07 Å². The topological polar surface area (TPSA) is 55.8 Å². The molecule has 0 aromatic carbocycles. The molecule has 7 heteroatoms. The lowest BCUT2D eigenvalue weighted by Gasteiger charge is -2.33. The maximum absolute atomic E-state index is 4.64. The number of guanidine groups is 1. The van der Waals surface area contributed by atoms with Crippen LogP contribution in [0.5, 0.6) is 0 Å². The Morgan fingerprint density at radius 2 is 2.08 bits per heavy atom. The summed E-state index contributed by atoms with van der Waals surface area (Å²) in [6.45, 7) is 2.83. The van der Waals surface area contributed by atoms with Crippen LogP contribution < -0.4 is 20.4 Å². The number of rotatable bonds is 5. The Hall–Kier alpha value is -2.28. The molecule has 140 valence electrons. The second-order valence-electron chi connectivity index (χ2n) is 6.66. The van der Waals surface area contributed by atoms with Gasteiger partial charge < -0.3 is 20.4 Å². The van der Waals surface area contributed by atoms with Crippen LogP contribution in [0.15, 0.2) is 40.7 Å². The molecule has 0 radical (unpaired) electrons. The quantitative estimate of drug-likeness (QED) is 0.624. The van der Waals surface area contributed by atoms with Crippen LogP contribution in [-0.2, 0) is 6.54 Å². The van der Waals surface area contributed by atoms with E-state index in [1.807, 2.05) is 55.6 Å². The highest BCUT2D eigenvalue weighted by molar-refractivity contribution is 7.14. The number of nitrogens with zero attached hydrogens (tertiary/aromatic N) is 4. The van der Waals surface area contributed by atoms with Gasteiger partial charge in [-0.05, 0) is 42.5 Å². The number of piperidine rings is 1. The molecular weight excluding hydrogens is 344 g/mol. The fourth-order valence-corrected chi connectivity index (χ4v) is 3.86. The monoisotopic (exact) mass is 372 g/mol. The van der Waals surface area contributed by atoms with Crippen molar-refractivity contribution < 1.29 is 0 Å². The molecule has 1 fully saturated rings. The van der Waals surface area contributed by atoms with Crippen molar-refractivity contribution in [2.75, 3.05) is 44.0 Å². The number of hydrogen-bond acceptors (Lipinski definition) is 5. The molecule has 2 aromatic heterocycles. The number of nitrogens with one attached hydrogen (secondary N) is 2. The van der Waals surface area contributed by atoms with Crippen LogP contribution in [-0.4, -0.2) is 51.2 Å². The molecular formula is C19H28N6S. The molecule has 1 aliphatic heterocycles. The van der Waals surface area contributed by atoms with Crippen molar-refractivity contribution >= 4 is 28.1 Å². The summed E-state index contributed by atoms with van der Waals surface area (Å²) in [5.41, 5.74) is 1.01. The molecule has 0 aliphatic carbocycles. The Kier molecular flexibility index (Phi) is 6.33. The third kappa shape index (κ3) is 4.88. The Bertz CT molecular complexity index is 705. The predicted molar refractivity (Wildman–Crippen MR) is 111 cm³/mol.